The summed E-state index contributed by atoms with van der Waals surface area (Å²) in [7, 11) is 4.93. The van der Waals surface area contributed by atoms with Crippen molar-refractivity contribution in [1.82, 2.24) is 0 Å². The Morgan fingerprint density at radius 2 is 0.512 bits per heavy atom. The number of unbranched alkanes of at least 4 members (excludes halogenated alkanes) is 30. The molecule has 0 rings (SSSR count). The minimum absolute atomic E-state index is 0. The van der Waals surface area contributed by atoms with Gasteiger partial charge in [-0.3, -0.25) is 0 Å². The summed E-state index contributed by atoms with van der Waals surface area (Å²) in [6.45, 7) is 7.37. The van der Waals surface area contributed by atoms with E-state index in [0.29, 0.717) is 0 Å². The van der Waals surface area contributed by atoms with E-state index in [4.69, 9.17) is 0 Å². The molecular formula is C41H84ClN. The standard InChI is InChI=1S/C41H84N.ClH/c1-5-7-9-11-13-15-17-19-21-22-23-24-25-27-29-31-33-35-37-39-41-42(3,4)40-38-36-34-32-30-28-26-20-18-16-14-12-10-8-6-2;/h19,21H,5-18,20,22-41H2,1-4H3;1H/q+1;/p-1/b21-19-;. The van der Waals surface area contributed by atoms with Crippen molar-refractivity contribution in [3.05, 3.63) is 12.2 Å². The Hall–Kier alpha value is -0.0100. The second-order valence-corrected chi connectivity index (χ2v) is 14.7. The summed E-state index contributed by atoms with van der Waals surface area (Å²) in [5.74, 6) is 0. The maximum absolute atomic E-state index is 2.47. The van der Waals surface area contributed by atoms with Crippen molar-refractivity contribution in [3.63, 3.8) is 0 Å². The Morgan fingerprint density at radius 1 is 0.302 bits per heavy atom. The van der Waals surface area contributed by atoms with Crippen molar-refractivity contribution in [2.24, 2.45) is 0 Å². The molecule has 2 heteroatoms. The second-order valence-electron chi connectivity index (χ2n) is 14.7. The van der Waals surface area contributed by atoms with E-state index < -0.39 is 0 Å². The zero-order valence-corrected chi connectivity index (χ0v) is 31.5. The van der Waals surface area contributed by atoms with Crippen LogP contribution in [0.1, 0.15) is 226 Å². The summed E-state index contributed by atoms with van der Waals surface area (Å²) in [6, 6.07) is 0. The monoisotopic (exact) mass is 626 g/mol. The van der Waals surface area contributed by atoms with Crippen LogP contribution in [-0.4, -0.2) is 31.7 Å². The predicted octanol–water partition coefficient (Wildman–Crippen LogP) is 11.5. The number of quaternary nitrogens is 1. The number of hydrogen-bond donors (Lipinski definition) is 0. The molecule has 0 heterocycles. The number of rotatable bonds is 36. The molecule has 0 aliphatic carbocycles. The fourth-order valence-electron chi connectivity index (χ4n) is 6.52. The van der Waals surface area contributed by atoms with Crippen LogP contribution in [0.4, 0.5) is 0 Å². The van der Waals surface area contributed by atoms with Crippen LogP contribution in [0.15, 0.2) is 12.2 Å². The Bertz CT molecular complexity index is 514. The SMILES string of the molecule is CCCCCCCC/C=C\CCCCCCCCCCCC[N+](C)(C)CCCCCCCCCCCCCCCCC.[Cl-]. The van der Waals surface area contributed by atoms with E-state index in [1.807, 2.05) is 0 Å². The Kier molecular flexibility index (Phi) is 40.0. The number of hydrogen-bond acceptors (Lipinski definition) is 0. The lowest BCUT2D eigenvalue weighted by Crippen LogP contribution is -3.00. The minimum atomic E-state index is 0. The van der Waals surface area contributed by atoms with Crippen molar-refractivity contribution in [3.8, 4) is 0 Å². The molecule has 260 valence electrons. The zero-order chi connectivity index (χ0) is 30.7. The molecule has 0 amide bonds. The maximum Gasteiger partial charge on any atom is 0.0782 e. The van der Waals surface area contributed by atoms with Crippen LogP contribution in [0, 0.1) is 0 Å². The van der Waals surface area contributed by atoms with Crippen LogP contribution in [0.3, 0.4) is 0 Å². The third kappa shape index (κ3) is 40.0. The van der Waals surface area contributed by atoms with Gasteiger partial charge in [0.15, 0.2) is 0 Å². The van der Waals surface area contributed by atoms with Gasteiger partial charge in [-0.25, -0.2) is 0 Å². The summed E-state index contributed by atoms with van der Waals surface area (Å²) < 4.78 is 1.24. The molecule has 0 aromatic carbocycles. The highest BCUT2D eigenvalue weighted by molar-refractivity contribution is 4.81. The van der Waals surface area contributed by atoms with Gasteiger partial charge in [0.2, 0.25) is 0 Å². The zero-order valence-electron chi connectivity index (χ0n) is 30.7. The fourth-order valence-corrected chi connectivity index (χ4v) is 6.52. The first-order chi connectivity index (χ1) is 20.6. The lowest BCUT2D eigenvalue weighted by Gasteiger charge is -2.30. The molecular weight excluding hydrogens is 542 g/mol. The highest BCUT2D eigenvalue weighted by atomic mass is 35.5. The maximum atomic E-state index is 2.47. The number of nitrogens with zero attached hydrogens (tertiary/aromatic N) is 1. The van der Waals surface area contributed by atoms with Gasteiger partial charge in [-0.15, -0.1) is 0 Å². The molecule has 43 heavy (non-hydrogen) atoms. The normalized spacial score (nSPS) is 11.9. The molecule has 0 aromatic rings. The van der Waals surface area contributed by atoms with Crippen molar-refractivity contribution in [2.45, 2.75) is 226 Å². The molecule has 0 atom stereocenters. The quantitative estimate of drug-likeness (QED) is 0.0369. The molecule has 0 spiro atoms. The van der Waals surface area contributed by atoms with Crippen LogP contribution in [-0.2, 0) is 0 Å². The summed E-state index contributed by atoms with van der Waals surface area (Å²) in [4.78, 5) is 0. The van der Waals surface area contributed by atoms with Gasteiger partial charge in [0.1, 0.15) is 0 Å². The van der Waals surface area contributed by atoms with Gasteiger partial charge in [-0.2, -0.15) is 0 Å². The molecule has 0 N–H and O–H groups in total. The van der Waals surface area contributed by atoms with Crippen LogP contribution >= 0.6 is 0 Å². The van der Waals surface area contributed by atoms with E-state index in [2.05, 4.69) is 40.1 Å². The molecule has 0 unspecified atom stereocenters. The molecule has 0 bridgehead atoms. The molecule has 0 aliphatic rings. The van der Waals surface area contributed by atoms with E-state index >= 15 is 0 Å². The highest BCUT2D eigenvalue weighted by Crippen LogP contribution is 2.16. The van der Waals surface area contributed by atoms with Gasteiger partial charge in [0.25, 0.3) is 0 Å². The van der Waals surface area contributed by atoms with Crippen LogP contribution in [0.5, 0.6) is 0 Å². The molecule has 0 radical (unpaired) electrons. The van der Waals surface area contributed by atoms with E-state index in [1.165, 1.54) is 229 Å². The topological polar surface area (TPSA) is 0 Å². The lowest BCUT2D eigenvalue weighted by atomic mass is 10.0. The van der Waals surface area contributed by atoms with Crippen molar-refractivity contribution >= 4 is 0 Å². The first-order valence-electron chi connectivity index (χ1n) is 20.1. The van der Waals surface area contributed by atoms with Crippen LogP contribution in [0.2, 0.25) is 0 Å². The first kappa shape index (κ1) is 45.1. The number of halogens is 1. The smallest absolute Gasteiger partial charge is 0.0782 e. The van der Waals surface area contributed by atoms with Gasteiger partial charge < -0.3 is 16.9 Å². The molecule has 0 aromatic heterocycles. The Labute approximate surface area is 281 Å². The van der Waals surface area contributed by atoms with Crippen molar-refractivity contribution in [1.29, 1.82) is 0 Å². The molecule has 1 nitrogen and oxygen atoms in total. The van der Waals surface area contributed by atoms with E-state index in [0.717, 1.165) is 0 Å². The largest absolute Gasteiger partial charge is 1.00 e. The highest BCUT2D eigenvalue weighted by Gasteiger charge is 2.13. The summed E-state index contributed by atoms with van der Waals surface area (Å²) in [5.41, 5.74) is 0. The molecule has 0 fully saturated rings. The predicted molar refractivity (Wildman–Crippen MR) is 195 cm³/mol. The van der Waals surface area contributed by atoms with Crippen molar-refractivity contribution < 1.29 is 16.9 Å². The third-order valence-electron chi connectivity index (χ3n) is 9.64. The first-order valence-corrected chi connectivity index (χ1v) is 20.1. The van der Waals surface area contributed by atoms with Crippen LogP contribution < -0.4 is 12.4 Å². The minimum Gasteiger partial charge on any atom is -1.00 e. The van der Waals surface area contributed by atoms with E-state index in [9.17, 15) is 0 Å². The van der Waals surface area contributed by atoms with Gasteiger partial charge in [-0.05, 0) is 51.4 Å². The van der Waals surface area contributed by atoms with E-state index in [-0.39, 0.29) is 12.4 Å². The second kappa shape index (κ2) is 38.2. The van der Waals surface area contributed by atoms with Crippen molar-refractivity contribution in [2.75, 3.05) is 27.2 Å². The lowest BCUT2D eigenvalue weighted by molar-refractivity contribution is -0.890. The van der Waals surface area contributed by atoms with Gasteiger partial charge in [0, 0.05) is 0 Å². The Balaban J connectivity index is 0. The third-order valence-corrected chi connectivity index (χ3v) is 9.64. The average molecular weight is 627 g/mol. The molecule has 0 saturated heterocycles. The number of allylic oxidation sites excluding steroid dienone is 2. The molecule has 0 aliphatic heterocycles. The molecule has 0 saturated carbocycles. The summed E-state index contributed by atoms with van der Waals surface area (Å²) in [6.07, 6.45) is 52.5. The van der Waals surface area contributed by atoms with Gasteiger partial charge in [0.05, 0.1) is 27.2 Å². The Morgan fingerprint density at radius 3 is 0.767 bits per heavy atom. The summed E-state index contributed by atoms with van der Waals surface area (Å²) >= 11 is 0. The van der Waals surface area contributed by atoms with Gasteiger partial charge in [-0.1, -0.05) is 187 Å². The fraction of sp³-hybridized carbons (Fsp3) is 0.951. The average Bonchev–Trinajstić information content (AvgIpc) is 2.98. The van der Waals surface area contributed by atoms with Crippen LogP contribution in [0.25, 0.3) is 0 Å². The van der Waals surface area contributed by atoms with Gasteiger partial charge >= 0.3 is 0 Å². The van der Waals surface area contributed by atoms with E-state index in [1.54, 1.807) is 0 Å². The summed E-state index contributed by atoms with van der Waals surface area (Å²) in [5, 5.41) is 0.